The number of likely N-dealkylation sites (tertiary alicyclic amines) is 1. The van der Waals surface area contributed by atoms with E-state index in [2.05, 4.69) is 14.9 Å². The van der Waals surface area contributed by atoms with Crippen LogP contribution in [0, 0.1) is 0 Å². The molecular weight excluding hydrogens is 294 g/mol. The molecule has 0 saturated carbocycles. The molecule has 0 atom stereocenters. The van der Waals surface area contributed by atoms with E-state index < -0.39 is 0 Å². The van der Waals surface area contributed by atoms with E-state index in [0.29, 0.717) is 10.1 Å². The number of amides is 1. The number of thioether (sulfide) groups is 1. The van der Waals surface area contributed by atoms with Gasteiger partial charge in [-0.2, -0.15) is 4.99 Å². The number of piperidine rings is 1. The Morgan fingerprint density at radius 1 is 1.25 bits per heavy atom. The van der Waals surface area contributed by atoms with Crippen molar-refractivity contribution in [2.45, 2.75) is 19.3 Å². The molecule has 0 aromatic carbocycles. The molecule has 0 spiro atoms. The van der Waals surface area contributed by atoms with Gasteiger partial charge >= 0.3 is 0 Å². The van der Waals surface area contributed by atoms with Gasteiger partial charge in [0.25, 0.3) is 5.91 Å². The van der Waals surface area contributed by atoms with E-state index in [-0.39, 0.29) is 5.91 Å². The predicted octanol–water partition coefficient (Wildman–Crippen LogP) is 3.19. The molecule has 1 amide bonds. The minimum atomic E-state index is -0.162. The van der Waals surface area contributed by atoms with Gasteiger partial charge in [-0.3, -0.25) is 4.79 Å². The number of rotatable bonds is 1. The average Bonchev–Trinajstić information content (AvgIpc) is 2.84. The fourth-order valence-corrected chi connectivity index (χ4v) is 3.32. The topological polar surface area (TPSA) is 45.6 Å². The fraction of sp³-hybridized carbons (Fsp3) is 0.357. The Morgan fingerprint density at radius 2 is 2.05 bits per heavy atom. The number of halogens is 1. The highest BCUT2D eigenvalue weighted by molar-refractivity contribution is 8.18. The maximum atomic E-state index is 11.9. The molecule has 20 heavy (non-hydrogen) atoms. The summed E-state index contributed by atoms with van der Waals surface area (Å²) in [4.78, 5) is 23.0. The van der Waals surface area contributed by atoms with Crippen molar-refractivity contribution in [2.75, 3.05) is 13.1 Å². The Labute approximate surface area is 126 Å². The van der Waals surface area contributed by atoms with Crippen molar-refractivity contribution in [3.8, 4) is 0 Å². The first-order valence-corrected chi connectivity index (χ1v) is 7.81. The number of aliphatic imine (C=N–C) groups is 1. The highest BCUT2D eigenvalue weighted by Gasteiger charge is 2.26. The van der Waals surface area contributed by atoms with Crippen molar-refractivity contribution in [1.29, 1.82) is 0 Å². The molecule has 1 saturated heterocycles. The second-order valence-corrected chi connectivity index (χ2v) is 6.17. The first-order valence-electron chi connectivity index (χ1n) is 6.61. The fourth-order valence-electron chi connectivity index (χ4n) is 2.24. The summed E-state index contributed by atoms with van der Waals surface area (Å²) in [5, 5.41) is 1.28. The molecule has 2 aliphatic heterocycles. The highest BCUT2D eigenvalue weighted by Crippen LogP contribution is 2.31. The van der Waals surface area contributed by atoms with Crippen LogP contribution in [-0.2, 0) is 4.79 Å². The molecule has 0 unspecified atom stereocenters. The molecule has 6 heteroatoms. The monoisotopic (exact) mass is 307 g/mol. The molecule has 104 valence electrons. The molecule has 1 aromatic rings. The van der Waals surface area contributed by atoms with Crippen LogP contribution in [0.3, 0.4) is 0 Å². The lowest BCUT2D eigenvalue weighted by molar-refractivity contribution is -0.113. The van der Waals surface area contributed by atoms with Crippen molar-refractivity contribution < 1.29 is 4.79 Å². The number of hydrogen-bond donors (Lipinski definition) is 0. The number of carbonyl (C=O) groups is 1. The molecule has 1 aromatic heterocycles. The van der Waals surface area contributed by atoms with Crippen LogP contribution in [-0.4, -0.2) is 34.0 Å². The molecule has 3 heterocycles. The number of hydrogen-bond acceptors (Lipinski definition) is 4. The van der Waals surface area contributed by atoms with Crippen LogP contribution >= 0.6 is 23.4 Å². The van der Waals surface area contributed by atoms with Crippen molar-refractivity contribution in [3.05, 3.63) is 34.0 Å². The van der Waals surface area contributed by atoms with Gasteiger partial charge in [-0.1, -0.05) is 17.7 Å². The molecule has 4 nitrogen and oxygen atoms in total. The summed E-state index contributed by atoms with van der Waals surface area (Å²) in [5.41, 5.74) is 0.861. The van der Waals surface area contributed by atoms with Gasteiger partial charge in [0, 0.05) is 19.3 Å². The predicted molar refractivity (Wildman–Crippen MR) is 82.7 cm³/mol. The minimum Gasteiger partial charge on any atom is -0.351 e. The van der Waals surface area contributed by atoms with E-state index in [4.69, 9.17) is 11.6 Å². The maximum absolute atomic E-state index is 11.9. The van der Waals surface area contributed by atoms with Gasteiger partial charge in [0.1, 0.15) is 5.15 Å². The SMILES string of the molecule is O=C1N=C(N2CCCCC2)SC1=Cc1ccc(Cl)nc1. The lowest BCUT2D eigenvalue weighted by Crippen LogP contribution is -2.33. The van der Waals surface area contributed by atoms with Crippen molar-refractivity contribution in [1.82, 2.24) is 9.88 Å². The summed E-state index contributed by atoms with van der Waals surface area (Å²) >= 11 is 7.20. The van der Waals surface area contributed by atoms with Crippen LogP contribution in [0.15, 0.2) is 28.2 Å². The van der Waals surface area contributed by atoms with E-state index in [1.165, 1.54) is 31.0 Å². The van der Waals surface area contributed by atoms with Gasteiger partial charge in [-0.15, -0.1) is 0 Å². The van der Waals surface area contributed by atoms with Gasteiger partial charge in [0.2, 0.25) is 0 Å². The lowest BCUT2D eigenvalue weighted by atomic mass is 10.1. The summed E-state index contributed by atoms with van der Waals surface area (Å²) in [6.07, 6.45) is 7.09. The highest BCUT2D eigenvalue weighted by atomic mass is 35.5. The summed E-state index contributed by atoms with van der Waals surface area (Å²) in [5.74, 6) is -0.162. The smallest absolute Gasteiger partial charge is 0.286 e. The van der Waals surface area contributed by atoms with E-state index in [1.807, 2.05) is 12.1 Å². The van der Waals surface area contributed by atoms with Gasteiger partial charge in [-0.05, 0) is 48.7 Å². The Kier molecular flexibility index (Phi) is 4.08. The van der Waals surface area contributed by atoms with E-state index in [1.54, 1.807) is 12.3 Å². The zero-order valence-electron chi connectivity index (χ0n) is 10.9. The molecule has 2 aliphatic rings. The molecule has 1 fully saturated rings. The van der Waals surface area contributed by atoms with Gasteiger partial charge in [0.15, 0.2) is 5.17 Å². The van der Waals surface area contributed by atoms with Crippen LogP contribution < -0.4 is 0 Å². The third-order valence-corrected chi connectivity index (χ3v) is 4.55. The quantitative estimate of drug-likeness (QED) is 0.590. The third-order valence-electron chi connectivity index (χ3n) is 3.28. The van der Waals surface area contributed by atoms with Gasteiger partial charge in [0.05, 0.1) is 4.91 Å². The third kappa shape index (κ3) is 3.04. The number of aromatic nitrogens is 1. The maximum Gasteiger partial charge on any atom is 0.286 e. The van der Waals surface area contributed by atoms with Crippen molar-refractivity contribution in [2.24, 2.45) is 4.99 Å². The zero-order chi connectivity index (χ0) is 13.9. The Morgan fingerprint density at radius 3 is 2.75 bits per heavy atom. The number of nitrogens with zero attached hydrogens (tertiary/aromatic N) is 3. The minimum absolute atomic E-state index is 0.162. The largest absolute Gasteiger partial charge is 0.351 e. The van der Waals surface area contributed by atoms with E-state index in [9.17, 15) is 4.79 Å². The van der Waals surface area contributed by atoms with Crippen LogP contribution in [0.2, 0.25) is 5.15 Å². The summed E-state index contributed by atoms with van der Waals surface area (Å²) in [6.45, 7) is 1.99. The number of carbonyl (C=O) groups excluding carboxylic acids is 1. The number of pyridine rings is 1. The first-order chi connectivity index (χ1) is 9.72. The number of amidine groups is 1. The molecule has 0 radical (unpaired) electrons. The van der Waals surface area contributed by atoms with E-state index in [0.717, 1.165) is 23.8 Å². The second-order valence-electron chi connectivity index (χ2n) is 4.77. The van der Waals surface area contributed by atoms with Crippen molar-refractivity contribution in [3.63, 3.8) is 0 Å². The van der Waals surface area contributed by atoms with Gasteiger partial charge < -0.3 is 4.90 Å². The van der Waals surface area contributed by atoms with Crippen LogP contribution in [0.5, 0.6) is 0 Å². The standard InChI is InChI=1S/C14H14ClN3OS/c15-12-5-4-10(9-16-12)8-11-13(19)17-14(20-11)18-6-2-1-3-7-18/h4-5,8-9H,1-3,6-7H2. The summed E-state index contributed by atoms with van der Waals surface area (Å²) in [7, 11) is 0. The normalized spacial score (nSPS) is 21.4. The molecule has 0 N–H and O–H groups in total. The summed E-state index contributed by atoms with van der Waals surface area (Å²) in [6, 6.07) is 3.56. The van der Waals surface area contributed by atoms with Gasteiger partial charge in [-0.25, -0.2) is 4.98 Å². The Hall–Kier alpha value is -1.33. The molecule has 0 bridgehead atoms. The Balaban J connectivity index is 1.74. The first kappa shape index (κ1) is 13.6. The zero-order valence-corrected chi connectivity index (χ0v) is 12.5. The molecule has 0 aliphatic carbocycles. The molecular formula is C14H14ClN3OS. The lowest BCUT2D eigenvalue weighted by Gasteiger charge is -2.27. The van der Waals surface area contributed by atoms with E-state index >= 15 is 0 Å². The average molecular weight is 308 g/mol. The van der Waals surface area contributed by atoms with Crippen LogP contribution in [0.4, 0.5) is 0 Å². The molecule has 3 rings (SSSR count). The van der Waals surface area contributed by atoms with Crippen LogP contribution in [0.25, 0.3) is 6.08 Å². The van der Waals surface area contributed by atoms with Crippen LogP contribution in [0.1, 0.15) is 24.8 Å². The van der Waals surface area contributed by atoms with Crippen molar-refractivity contribution >= 4 is 40.5 Å². The summed E-state index contributed by atoms with van der Waals surface area (Å²) < 4.78 is 0. The second kappa shape index (κ2) is 5.97. The Bertz CT molecular complexity index is 577.